The Hall–Kier alpha value is -0.780. The van der Waals surface area contributed by atoms with Crippen LogP contribution in [0.4, 0.5) is 0 Å². The number of aromatic nitrogens is 2. The van der Waals surface area contributed by atoms with Crippen molar-refractivity contribution in [1.82, 2.24) is 9.97 Å². The number of rotatable bonds is 3. The van der Waals surface area contributed by atoms with Crippen LogP contribution < -0.4 is 0 Å². The molecule has 0 amide bonds. The molecule has 0 unspecified atom stereocenters. The highest BCUT2D eigenvalue weighted by Gasteiger charge is 2.04. The fraction of sp³-hybridized carbons (Fsp3) is 0.200. The van der Waals surface area contributed by atoms with Gasteiger partial charge in [-0.2, -0.15) is 0 Å². The SMILES string of the molecule is OCCc1nccc(-c2cc(Br)cs2)n1. The molecule has 2 aromatic rings. The summed E-state index contributed by atoms with van der Waals surface area (Å²) in [5, 5.41) is 10.8. The highest BCUT2D eigenvalue weighted by atomic mass is 79.9. The molecule has 0 bridgehead atoms. The summed E-state index contributed by atoms with van der Waals surface area (Å²) in [7, 11) is 0. The van der Waals surface area contributed by atoms with Gasteiger partial charge in [0.05, 0.1) is 17.2 Å². The lowest BCUT2D eigenvalue weighted by Crippen LogP contribution is -1.98. The molecule has 2 aromatic heterocycles. The molecule has 15 heavy (non-hydrogen) atoms. The molecule has 1 N–H and O–H groups in total. The van der Waals surface area contributed by atoms with Crippen LogP contribution in [0.15, 0.2) is 28.2 Å². The number of nitrogens with zero attached hydrogens (tertiary/aromatic N) is 2. The van der Waals surface area contributed by atoms with Crippen molar-refractivity contribution < 1.29 is 5.11 Å². The molecule has 0 aliphatic heterocycles. The molecule has 3 nitrogen and oxygen atoms in total. The van der Waals surface area contributed by atoms with Gasteiger partial charge < -0.3 is 5.11 Å². The molecular weight excluding hydrogens is 276 g/mol. The predicted octanol–water partition coefficient (Wildman–Crippen LogP) is 2.50. The Bertz CT molecular complexity index is 458. The van der Waals surface area contributed by atoms with Gasteiger partial charge in [0, 0.05) is 22.5 Å². The number of halogens is 1. The minimum Gasteiger partial charge on any atom is -0.396 e. The second-order valence-electron chi connectivity index (χ2n) is 2.96. The zero-order chi connectivity index (χ0) is 10.7. The minimum absolute atomic E-state index is 0.0809. The van der Waals surface area contributed by atoms with Gasteiger partial charge in [0.2, 0.25) is 0 Å². The topological polar surface area (TPSA) is 46.0 Å². The second-order valence-corrected chi connectivity index (χ2v) is 4.79. The van der Waals surface area contributed by atoms with Crippen molar-refractivity contribution >= 4 is 27.3 Å². The van der Waals surface area contributed by atoms with E-state index in [1.807, 2.05) is 17.5 Å². The third-order valence-corrected chi connectivity index (χ3v) is 3.57. The Morgan fingerprint density at radius 3 is 3.00 bits per heavy atom. The Morgan fingerprint density at radius 2 is 2.33 bits per heavy atom. The molecule has 0 saturated heterocycles. The molecule has 2 heterocycles. The lowest BCUT2D eigenvalue weighted by Gasteiger charge is -1.99. The van der Waals surface area contributed by atoms with E-state index in [1.54, 1.807) is 17.5 Å². The van der Waals surface area contributed by atoms with Crippen LogP contribution in [0.2, 0.25) is 0 Å². The van der Waals surface area contributed by atoms with Crippen molar-refractivity contribution in [2.75, 3.05) is 6.61 Å². The summed E-state index contributed by atoms with van der Waals surface area (Å²) in [6.07, 6.45) is 2.22. The summed E-state index contributed by atoms with van der Waals surface area (Å²) in [5.74, 6) is 0.680. The van der Waals surface area contributed by atoms with Crippen molar-refractivity contribution in [3.05, 3.63) is 34.0 Å². The highest BCUT2D eigenvalue weighted by molar-refractivity contribution is 9.10. The Morgan fingerprint density at radius 1 is 1.47 bits per heavy atom. The van der Waals surface area contributed by atoms with E-state index in [0.29, 0.717) is 12.2 Å². The number of aliphatic hydroxyl groups excluding tert-OH is 1. The van der Waals surface area contributed by atoms with Gasteiger partial charge in [0.1, 0.15) is 5.82 Å². The molecule has 0 saturated carbocycles. The van der Waals surface area contributed by atoms with Crippen LogP contribution in [-0.2, 0) is 6.42 Å². The first-order valence-electron chi connectivity index (χ1n) is 4.47. The van der Waals surface area contributed by atoms with E-state index in [1.165, 1.54) is 0 Å². The molecule has 0 aromatic carbocycles. The van der Waals surface area contributed by atoms with E-state index in [0.717, 1.165) is 15.0 Å². The van der Waals surface area contributed by atoms with E-state index in [4.69, 9.17) is 5.11 Å². The number of thiophene rings is 1. The van der Waals surface area contributed by atoms with Gasteiger partial charge in [-0.1, -0.05) is 0 Å². The van der Waals surface area contributed by atoms with Crippen molar-refractivity contribution in [1.29, 1.82) is 0 Å². The average Bonchev–Trinajstić information content (AvgIpc) is 2.66. The molecule has 0 fully saturated rings. The van der Waals surface area contributed by atoms with Crippen molar-refractivity contribution in [3.63, 3.8) is 0 Å². The van der Waals surface area contributed by atoms with Gasteiger partial charge in [-0.3, -0.25) is 0 Å². The molecule has 5 heteroatoms. The summed E-state index contributed by atoms with van der Waals surface area (Å²) >= 11 is 5.04. The first-order chi connectivity index (χ1) is 7.29. The van der Waals surface area contributed by atoms with Gasteiger partial charge in [-0.25, -0.2) is 9.97 Å². The molecular formula is C10H9BrN2OS. The summed E-state index contributed by atoms with van der Waals surface area (Å²) in [6, 6.07) is 3.90. The smallest absolute Gasteiger partial charge is 0.131 e. The third-order valence-electron chi connectivity index (χ3n) is 1.86. The van der Waals surface area contributed by atoms with E-state index in [2.05, 4.69) is 25.9 Å². The van der Waals surface area contributed by atoms with E-state index in [-0.39, 0.29) is 6.61 Å². The van der Waals surface area contributed by atoms with E-state index < -0.39 is 0 Å². The Balaban J connectivity index is 2.32. The zero-order valence-corrected chi connectivity index (χ0v) is 10.3. The maximum absolute atomic E-state index is 8.80. The van der Waals surface area contributed by atoms with Gasteiger partial charge in [-0.05, 0) is 28.1 Å². The number of hydrogen-bond donors (Lipinski definition) is 1. The molecule has 0 atom stereocenters. The summed E-state index contributed by atoms with van der Waals surface area (Å²) in [4.78, 5) is 9.55. The van der Waals surface area contributed by atoms with Gasteiger partial charge >= 0.3 is 0 Å². The molecule has 78 valence electrons. The van der Waals surface area contributed by atoms with E-state index in [9.17, 15) is 0 Å². The largest absolute Gasteiger partial charge is 0.396 e. The lowest BCUT2D eigenvalue weighted by molar-refractivity contribution is 0.296. The average molecular weight is 285 g/mol. The predicted molar refractivity (Wildman–Crippen MR) is 63.8 cm³/mol. The maximum Gasteiger partial charge on any atom is 0.131 e. The van der Waals surface area contributed by atoms with Crippen LogP contribution in [0, 0.1) is 0 Å². The molecule has 0 aliphatic rings. The van der Waals surface area contributed by atoms with Crippen molar-refractivity contribution in [2.24, 2.45) is 0 Å². The summed E-state index contributed by atoms with van der Waals surface area (Å²) in [6.45, 7) is 0.0809. The van der Waals surface area contributed by atoms with Gasteiger partial charge in [0.15, 0.2) is 0 Å². The third kappa shape index (κ3) is 2.62. The number of aliphatic hydroxyl groups is 1. The molecule has 0 spiro atoms. The minimum atomic E-state index is 0.0809. The zero-order valence-electron chi connectivity index (χ0n) is 7.85. The first-order valence-corrected chi connectivity index (χ1v) is 6.14. The Kier molecular flexibility index (Phi) is 3.45. The fourth-order valence-corrected chi connectivity index (χ4v) is 2.60. The maximum atomic E-state index is 8.80. The monoisotopic (exact) mass is 284 g/mol. The molecule has 0 aliphatic carbocycles. The van der Waals surface area contributed by atoms with Crippen LogP contribution in [0.25, 0.3) is 10.6 Å². The van der Waals surface area contributed by atoms with Crippen LogP contribution in [0.5, 0.6) is 0 Å². The van der Waals surface area contributed by atoms with Crippen molar-refractivity contribution in [3.8, 4) is 10.6 Å². The van der Waals surface area contributed by atoms with E-state index >= 15 is 0 Å². The molecule has 2 rings (SSSR count). The number of hydrogen-bond acceptors (Lipinski definition) is 4. The summed E-state index contributed by atoms with van der Waals surface area (Å²) < 4.78 is 1.06. The van der Waals surface area contributed by atoms with Gasteiger partial charge in [0.25, 0.3) is 0 Å². The summed E-state index contributed by atoms with van der Waals surface area (Å²) in [5.41, 5.74) is 0.907. The van der Waals surface area contributed by atoms with Crippen LogP contribution in [-0.4, -0.2) is 21.7 Å². The quantitative estimate of drug-likeness (QED) is 0.942. The van der Waals surface area contributed by atoms with Crippen LogP contribution >= 0.6 is 27.3 Å². The van der Waals surface area contributed by atoms with Gasteiger partial charge in [-0.15, -0.1) is 11.3 Å². The highest BCUT2D eigenvalue weighted by Crippen LogP contribution is 2.28. The lowest BCUT2D eigenvalue weighted by atomic mass is 10.3. The second kappa shape index (κ2) is 4.83. The normalized spacial score (nSPS) is 10.5. The Labute approximate surface area is 100.0 Å². The molecule has 0 radical (unpaired) electrons. The van der Waals surface area contributed by atoms with Crippen molar-refractivity contribution in [2.45, 2.75) is 6.42 Å². The van der Waals surface area contributed by atoms with Crippen LogP contribution in [0.3, 0.4) is 0 Å². The standard InChI is InChI=1S/C10H9BrN2OS/c11-7-5-9(15-6-7)8-1-3-12-10(13-8)2-4-14/h1,3,5-6,14H,2,4H2. The first kappa shape index (κ1) is 10.7. The fourth-order valence-electron chi connectivity index (χ4n) is 1.20. The van der Waals surface area contributed by atoms with Crippen LogP contribution in [0.1, 0.15) is 5.82 Å².